The predicted molar refractivity (Wildman–Crippen MR) is 106 cm³/mol. The summed E-state index contributed by atoms with van der Waals surface area (Å²) in [5, 5.41) is 5.58. The Kier molecular flexibility index (Phi) is 4.15. The van der Waals surface area contributed by atoms with E-state index in [-0.39, 0.29) is 17.9 Å². The Balaban J connectivity index is 1.25. The summed E-state index contributed by atoms with van der Waals surface area (Å²) in [5.41, 5.74) is 2.97. The Labute approximate surface area is 162 Å². The maximum atomic E-state index is 12.8. The smallest absolute Gasteiger partial charge is 0.227 e. The van der Waals surface area contributed by atoms with E-state index in [0.29, 0.717) is 19.4 Å². The lowest BCUT2D eigenvalue weighted by molar-refractivity contribution is -0.129. The van der Waals surface area contributed by atoms with Gasteiger partial charge in [0.1, 0.15) is 0 Å². The third kappa shape index (κ3) is 2.96. The SMILES string of the molecule is O=C(Cc1c[nH]c2ccccc12)N1CCC(n2cc(N3CCCC3=O)cn2)C1. The summed E-state index contributed by atoms with van der Waals surface area (Å²) < 4.78 is 1.92. The summed E-state index contributed by atoms with van der Waals surface area (Å²) in [6, 6.07) is 8.22. The van der Waals surface area contributed by atoms with Gasteiger partial charge in [0.25, 0.3) is 0 Å². The number of hydrogen-bond donors (Lipinski definition) is 1. The standard InChI is InChI=1S/C21H23N5O2/c27-20-6-3-8-25(20)17-12-23-26(14-17)16-7-9-24(13-16)21(28)10-15-11-22-19-5-2-1-4-18(15)19/h1-2,4-5,11-12,14,16,22H,3,6-10,13H2. The van der Waals surface area contributed by atoms with Crippen LogP contribution in [0, 0.1) is 0 Å². The van der Waals surface area contributed by atoms with Crippen molar-refractivity contribution < 1.29 is 9.59 Å². The van der Waals surface area contributed by atoms with Gasteiger partial charge in [-0.25, -0.2) is 0 Å². The Morgan fingerprint density at radius 3 is 3.00 bits per heavy atom. The van der Waals surface area contributed by atoms with E-state index in [2.05, 4.69) is 10.1 Å². The summed E-state index contributed by atoms with van der Waals surface area (Å²) in [7, 11) is 0. The van der Waals surface area contributed by atoms with Gasteiger partial charge in [0.05, 0.1) is 24.3 Å². The lowest BCUT2D eigenvalue weighted by Gasteiger charge is -2.17. The number of anilines is 1. The molecule has 0 aliphatic carbocycles. The summed E-state index contributed by atoms with van der Waals surface area (Å²) in [6.07, 6.45) is 8.45. The Morgan fingerprint density at radius 1 is 1.25 bits per heavy atom. The van der Waals surface area contributed by atoms with E-state index in [1.54, 1.807) is 11.1 Å². The quantitative estimate of drug-likeness (QED) is 0.759. The van der Waals surface area contributed by atoms with Crippen molar-refractivity contribution in [2.45, 2.75) is 31.7 Å². The highest BCUT2D eigenvalue weighted by molar-refractivity contribution is 5.95. The number of amides is 2. The van der Waals surface area contributed by atoms with Gasteiger partial charge in [-0.3, -0.25) is 14.3 Å². The molecule has 2 aliphatic rings. The summed E-state index contributed by atoms with van der Waals surface area (Å²) in [4.78, 5) is 31.7. The Morgan fingerprint density at radius 2 is 2.14 bits per heavy atom. The number of hydrogen-bond acceptors (Lipinski definition) is 3. The first-order chi connectivity index (χ1) is 13.7. The van der Waals surface area contributed by atoms with E-state index in [1.807, 2.05) is 46.2 Å². The van der Waals surface area contributed by atoms with Gasteiger partial charge in [-0.1, -0.05) is 18.2 Å². The zero-order valence-corrected chi connectivity index (χ0v) is 15.7. The van der Waals surface area contributed by atoms with Crippen molar-refractivity contribution in [2.75, 3.05) is 24.5 Å². The van der Waals surface area contributed by atoms with Gasteiger partial charge < -0.3 is 14.8 Å². The monoisotopic (exact) mass is 377 g/mol. The molecule has 2 aromatic heterocycles. The van der Waals surface area contributed by atoms with Crippen LogP contribution in [0.3, 0.4) is 0 Å². The molecule has 2 aliphatic heterocycles. The number of carbonyl (C=O) groups is 2. The van der Waals surface area contributed by atoms with E-state index in [9.17, 15) is 9.59 Å². The average molecular weight is 377 g/mol. The first-order valence-corrected chi connectivity index (χ1v) is 9.86. The minimum atomic E-state index is 0.148. The third-order valence-electron chi connectivity index (χ3n) is 5.88. The highest BCUT2D eigenvalue weighted by Gasteiger charge is 2.29. The minimum absolute atomic E-state index is 0.148. The van der Waals surface area contributed by atoms with Gasteiger partial charge >= 0.3 is 0 Å². The number of fused-ring (bicyclic) bond motifs is 1. The van der Waals surface area contributed by atoms with Crippen LogP contribution in [0.5, 0.6) is 0 Å². The molecule has 4 heterocycles. The van der Waals surface area contributed by atoms with Crippen LogP contribution in [0.2, 0.25) is 0 Å². The summed E-state index contributed by atoms with van der Waals surface area (Å²) in [6.45, 7) is 2.17. The van der Waals surface area contributed by atoms with E-state index in [1.165, 1.54) is 0 Å². The minimum Gasteiger partial charge on any atom is -0.361 e. The van der Waals surface area contributed by atoms with Gasteiger partial charge in [0.2, 0.25) is 11.8 Å². The van der Waals surface area contributed by atoms with Crippen LogP contribution >= 0.6 is 0 Å². The number of rotatable bonds is 4. The highest BCUT2D eigenvalue weighted by atomic mass is 16.2. The van der Waals surface area contributed by atoms with Crippen molar-refractivity contribution in [1.29, 1.82) is 0 Å². The number of para-hydroxylation sites is 1. The number of aromatic nitrogens is 3. The molecule has 2 saturated heterocycles. The number of aromatic amines is 1. The van der Waals surface area contributed by atoms with Crippen LogP contribution in [0.1, 0.15) is 30.9 Å². The van der Waals surface area contributed by atoms with Gasteiger partial charge in [-0.2, -0.15) is 5.10 Å². The lowest BCUT2D eigenvalue weighted by atomic mass is 10.1. The molecular weight excluding hydrogens is 354 g/mol. The molecule has 0 saturated carbocycles. The molecule has 5 rings (SSSR count). The Bertz CT molecular complexity index is 1040. The first kappa shape index (κ1) is 17.0. The molecule has 0 bridgehead atoms. The fraction of sp³-hybridized carbons (Fsp3) is 0.381. The van der Waals surface area contributed by atoms with Crippen molar-refractivity contribution in [2.24, 2.45) is 0 Å². The number of likely N-dealkylation sites (tertiary alicyclic amines) is 1. The highest BCUT2D eigenvalue weighted by Crippen LogP contribution is 2.27. The molecule has 2 fully saturated rings. The van der Waals surface area contributed by atoms with Crippen molar-refractivity contribution >= 4 is 28.4 Å². The largest absolute Gasteiger partial charge is 0.361 e. The van der Waals surface area contributed by atoms with Gasteiger partial charge in [0.15, 0.2) is 0 Å². The molecule has 7 nitrogen and oxygen atoms in total. The molecule has 1 aromatic carbocycles. The third-order valence-corrected chi connectivity index (χ3v) is 5.88. The van der Waals surface area contributed by atoms with Crippen LogP contribution in [-0.2, 0) is 16.0 Å². The van der Waals surface area contributed by atoms with E-state index >= 15 is 0 Å². The number of H-pyrrole nitrogens is 1. The molecule has 28 heavy (non-hydrogen) atoms. The summed E-state index contributed by atoms with van der Waals surface area (Å²) in [5.74, 6) is 0.316. The molecular formula is C21H23N5O2. The second-order valence-corrected chi connectivity index (χ2v) is 7.65. The van der Waals surface area contributed by atoms with Gasteiger partial charge in [0, 0.05) is 49.4 Å². The maximum Gasteiger partial charge on any atom is 0.227 e. The molecule has 2 amide bonds. The van der Waals surface area contributed by atoms with Crippen LogP contribution in [0.15, 0.2) is 42.9 Å². The first-order valence-electron chi connectivity index (χ1n) is 9.86. The van der Waals surface area contributed by atoms with Crippen molar-refractivity contribution in [3.63, 3.8) is 0 Å². The Hall–Kier alpha value is -3.09. The number of benzene rings is 1. The van der Waals surface area contributed by atoms with Crippen LogP contribution in [-0.4, -0.2) is 51.1 Å². The number of nitrogens with zero attached hydrogens (tertiary/aromatic N) is 4. The molecule has 144 valence electrons. The maximum absolute atomic E-state index is 12.8. The number of nitrogens with one attached hydrogen (secondary N) is 1. The zero-order valence-electron chi connectivity index (χ0n) is 15.7. The van der Waals surface area contributed by atoms with Crippen LogP contribution < -0.4 is 4.90 Å². The number of carbonyl (C=O) groups excluding carboxylic acids is 2. The summed E-state index contributed by atoms with van der Waals surface area (Å²) >= 11 is 0. The molecule has 0 spiro atoms. The topological polar surface area (TPSA) is 74.2 Å². The fourth-order valence-corrected chi connectivity index (χ4v) is 4.33. The molecule has 1 N–H and O–H groups in total. The van der Waals surface area contributed by atoms with Crippen molar-refractivity contribution in [3.8, 4) is 0 Å². The average Bonchev–Trinajstić information content (AvgIpc) is 3.48. The predicted octanol–water partition coefficient (Wildman–Crippen LogP) is 2.51. The van der Waals surface area contributed by atoms with Gasteiger partial charge in [-0.05, 0) is 24.5 Å². The second kappa shape index (κ2) is 6.82. The van der Waals surface area contributed by atoms with Crippen LogP contribution in [0.4, 0.5) is 5.69 Å². The van der Waals surface area contributed by atoms with Gasteiger partial charge in [-0.15, -0.1) is 0 Å². The van der Waals surface area contributed by atoms with E-state index in [0.717, 1.165) is 48.1 Å². The molecule has 1 atom stereocenters. The van der Waals surface area contributed by atoms with E-state index < -0.39 is 0 Å². The molecule has 7 heteroatoms. The van der Waals surface area contributed by atoms with Crippen molar-refractivity contribution in [1.82, 2.24) is 19.7 Å². The molecule has 1 unspecified atom stereocenters. The van der Waals surface area contributed by atoms with E-state index in [4.69, 9.17) is 0 Å². The fourth-order valence-electron chi connectivity index (χ4n) is 4.33. The van der Waals surface area contributed by atoms with Crippen molar-refractivity contribution in [3.05, 3.63) is 48.4 Å². The van der Waals surface area contributed by atoms with Crippen LogP contribution in [0.25, 0.3) is 10.9 Å². The molecule has 3 aromatic rings. The lowest BCUT2D eigenvalue weighted by Crippen LogP contribution is -2.30. The molecule has 0 radical (unpaired) electrons. The second-order valence-electron chi connectivity index (χ2n) is 7.65. The normalized spacial score (nSPS) is 19.9. The zero-order chi connectivity index (χ0) is 19.1.